The lowest BCUT2D eigenvalue weighted by molar-refractivity contribution is -0.139. The van der Waals surface area contributed by atoms with Gasteiger partial charge in [-0.05, 0) is 29.9 Å². The van der Waals surface area contributed by atoms with Gasteiger partial charge < -0.3 is 10.4 Å². The third-order valence-electron chi connectivity index (χ3n) is 2.78. The van der Waals surface area contributed by atoms with Crippen LogP contribution in [0.3, 0.4) is 0 Å². The first-order chi connectivity index (χ1) is 8.60. The van der Waals surface area contributed by atoms with Crippen molar-refractivity contribution in [1.29, 1.82) is 0 Å². The van der Waals surface area contributed by atoms with Gasteiger partial charge in [-0.15, -0.1) is 11.3 Å². The molecule has 1 atom stereocenters. The fourth-order valence-corrected chi connectivity index (χ4v) is 2.60. The van der Waals surface area contributed by atoms with Crippen molar-refractivity contribution in [3.63, 3.8) is 0 Å². The molecule has 1 unspecified atom stereocenters. The molecule has 1 amide bonds. The Morgan fingerprint density at radius 2 is 2.17 bits per heavy atom. The number of hydrogen-bond acceptors (Lipinski definition) is 3. The van der Waals surface area contributed by atoms with Gasteiger partial charge in [0.15, 0.2) is 0 Å². The Morgan fingerprint density at radius 3 is 2.72 bits per heavy atom. The van der Waals surface area contributed by atoms with Crippen molar-refractivity contribution in [2.75, 3.05) is 0 Å². The summed E-state index contributed by atoms with van der Waals surface area (Å²) >= 11 is 1.35. The van der Waals surface area contributed by atoms with Crippen LogP contribution in [0.15, 0.2) is 11.4 Å². The van der Waals surface area contributed by atoms with E-state index in [1.54, 1.807) is 0 Å². The number of carboxylic acids is 1. The minimum atomic E-state index is -0.966. The van der Waals surface area contributed by atoms with Crippen LogP contribution in [-0.4, -0.2) is 23.0 Å². The molecule has 0 bridgehead atoms. The Hall–Kier alpha value is -1.36. The normalized spacial score (nSPS) is 12.1. The smallest absolute Gasteiger partial charge is 0.326 e. The van der Waals surface area contributed by atoms with E-state index in [9.17, 15) is 9.59 Å². The van der Waals surface area contributed by atoms with Crippen LogP contribution >= 0.6 is 11.3 Å². The topological polar surface area (TPSA) is 66.4 Å². The van der Waals surface area contributed by atoms with Crippen molar-refractivity contribution in [1.82, 2.24) is 5.32 Å². The standard InChI is InChI=1S/C13H19NO3S/c1-3-5-6-10(13(16)17)14-12(15)11-9(4-2)7-8-18-11/h7-8,10H,3-6H2,1-2H3,(H,14,15)(H,16,17). The van der Waals surface area contributed by atoms with Gasteiger partial charge in [0.25, 0.3) is 5.91 Å². The molecule has 0 aromatic carbocycles. The first-order valence-corrected chi connectivity index (χ1v) is 7.08. The molecule has 0 aliphatic carbocycles. The van der Waals surface area contributed by atoms with Gasteiger partial charge in [0.2, 0.25) is 0 Å². The molecule has 1 aromatic heterocycles. The number of carbonyl (C=O) groups excluding carboxylic acids is 1. The monoisotopic (exact) mass is 269 g/mol. The van der Waals surface area contributed by atoms with Gasteiger partial charge in [0, 0.05) is 0 Å². The van der Waals surface area contributed by atoms with Crippen LogP contribution in [0.2, 0.25) is 0 Å². The molecule has 2 N–H and O–H groups in total. The van der Waals surface area contributed by atoms with Crippen LogP contribution in [0, 0.1) is 0 Å². The lowest BCUT2D eigenvalue weighted by Gasteiger charge is -2.13. The van der Waals surface area contributed by atoms with Crippen molar-refractivity contribution in [3.05, 3.63) is 21.9 Å². The number of carbonyl (C=O) groups is 2. The molecule has 5 heteroatoms. The summed E-state index contributed by atoms with van der Waals surface area (Å²) in [5, 5.41) is 13.5. The lowest BCUT2D eigenvalue weighted by atomic mass is 10.1. The zero-order valence-corrected chi connectivity index (χ0v) is 11.5. The molecule has 100 valence electrons. The largest absolute Gasteiger partial charge is 0.480 e. The molecule has 0 fully saturated rings. The number of hydrogen-bond donors (Lipinski definition) is 2. The van der Waals surface area contributed by atoms with Gasteiger partial charge in [-0.2, -0.15) is 0 Å². The van der Waals surface area contributed by atoms with E-state index < -0.39 is 12.0 Å². The maximum atomic E-state index is 12.0. The van der Waals surface area contributed by atoms with Crippen molar-refractivity contribution in [2.24, 2.45) is 0 Å². The van der Waals surface area contributed by atoms with E-state index in [1.807, 2.05) is 25.3 Å². The quantitative estimate of drug-likeness (QED) is 0.799. The van der Waals surface area contributed by atoms with Gasteiger partial charge in [-0.1, -0.05) is 26.7 Å². The number of carboxylic acid groups (broad SMARTS) is 1. The van der Waals surface area contributed by atoms with Gasteiger partial charge >= 0.3 is 5.97 Å². The van der Waals surface area contributed by atoms with Crippen molar-refractivity contribution >= 4 is 23.2 Å². The third-order valence-corrected chi connectivity index (χ3v) is 3.74. The summed E-state index contributed by atoms with van der Waals surface area (Å²) in [5.74, 6) is -1.24. The number of rotatable bonds is 7. The predicted molar refractivity (Wildman–Crippen MR) is 72.1 cm³/mol. The second kappa shape index (κ2) is 7.16. The zero-order chi connectivity index (χ0) is 13.5. The first-order valence-electron chi connectivity index (χ1n) is 6.20. The predicted octanol–water partition coefficient (Wildman–Crippen LogP) is 2.68. The summed E-state index contributed by atoms with van der Waals surface area (Å²) in [6, 6.07) is 1.12. The van der Waals surface area contributed by atoms with Crippen LogP contribution in [0.4, 0.5) is 0 Å². The summed E-state index contributed by atoms with van der Waals surface area (Å²) in [6.07, 6.45) is 2.96. The Morgan fingerprint density at radius 1 is 1.44 bits per heavy atom. The van der Waals surface area contributed by atoms with Crippen LogP contribution in [-0.2, 0) is 11.2 Å². The number of aryl methyl sites for hydroxylation is 1. The number of aliphatic carboxylic acids is 1. The fourth-order valence-electron chi connectivity index (χ4n) is 1.70. The molecule has 4 nitrogen and oxygen atoms in total. The van der Waals surface area contributed by atoms with Gasteiger partial charge in [-0.25, -0.2) is 4.79 Å². The maximum Gasteiger partial charge on any atom is 0.326 e. The molecule has 0 aliphatic heterocycles. The molecule has 0 saturated heterocycles. The molecular weight excluding hydrogens is 250 g/mol. The fraction of sp³-hybridized carbons (Fsp3) is 0.538. The van der Waals surface area contributed by atoms with Crippen LogP contribution in [0.25, 0.3) is 0 Å². The highest BCUT2D eigenvalue weighted by Gasteiger charge is 2.21. The highest BCUT2D eigenvalue weighted by molar-refractivity contribution is 7.12. The molecule has 1 heterocycles. The first kappa shape index (κ1) is 14.7. The lowest BCUT2D eigenvalue weighted by Crippen LogP contribution is -2.40. The molecule has 1 rings (SSSR count). The van der Waals surface area contributed by atoms with E-state index in [2.05, 4.69) is 5.32 Å². The zero-order valence-electron chi connectivity index (χ0n) is 10.7. The van der Waals surface area contributed by atoms with E-state index in [0.717, 1.165) is 24.8 Å². The van der Waals surface area contributed by atoms with Gasteiger partial charge in [0.1, 0.15) is 6.04 Å². The second-order valence-corrected chi connectivity index (χ2v) is 5.05. The minimum Gasteiger partial charge on any atom is -0.480 e. The van der Waals surface area contributed by atoms with Crippen LogP contribution < -0.4 is 5.32 Å². The summed E-state index contributed by atoms with van der Waals surface area (Å²) in [7, 11) is 0. The molecule has 0 spiro atoms. The van der Waals surface area contributed by atoms with Gasteiger partial charge in [0.05, 0.1) is 4.88 Å². The van der Waals surface area contributed by atoms with E-state index in [-0.39, 0.29) is 5.91 Å². The van der Waals surface area contributed by atoms with Crippen molar-refractivity contribution < 1.29 is 14.7 Å². The number of unbranched alkanes of at least 4 members (excludes halogenated alkanes) is 1. The SMILES string of the molecule is CCCCC(NC(=O)c1sccc1CC)C(=O)O. The highest BCUT2D eigenvalue weighted by atomic mass is 32.1. The van der Waals surface area contributed by atoms with Crippen molar-refractivity contribution in [3.8, 4) is 0 Å². The number of nitrogens with one attached hydrogen (secondary N) is 1. The minimum absolute atomic E-state index is 0.273. The summed E-state index contributed by atoms with van der Waals surface area (Å²) in [4.78, 5) is 23.7. The maximum absolute atomic E-state index is 12.0. The van der Waals surface area contributed by atoms with Gasteiger partial charge in [-0.3, -0.25) is 4.79 Å². The summed E-state index contributed by atoms with van der Waals surface area (Å²) in [5.41, 5.74) is 0.970. The summed E-state index contributed by atoms with van der Waals surface area (Å²) < 4.78 is 0. The van der Waals surface area contributed by atoms with Crippen molar-refractivity contribution in [2.45, 2.75) is 45.6 Å². The average Bonchev–Trinajstić information content (AvgIpc) is 2.82. The Bertz CT molecular complexity index is 414. The molecule has 0 saturated carbocycles. The Labute approximate surface area is 111 Å². The highest BCUT2D eigenvalue weighted by Crippen LogP contribution is 2.17. The van der Waals surface area contributed by atoms with E-state index in [1.165, 1.54) is 11.3 Å². The van der Waals surface area contributed by atoms with Crippen LogP contribution in [0.1, 0.15) is 48.3 Å². The Balaban J connectivity index is 2.69. The number of amides is 1. The molecular formula is C13H19NO3S. The van der Waals surface area contributed by atoms with E-state index >= 15 is 0 Å². The molecule has 18 heavy (non-hydrogen) atoms. The van der Waals surface area contributed by atoms with E-state index in [4.69, 9.17) is 5.11 Å². The molecule has 0 radical (unpaired) electrons. The number of thiophene rings is 1. The average molecular weight is 269 g/mol. The van der Waals surface area contributed by atoms with Crippen LogP contribution in [0.5, 0.6) is 0 Å². The molecule has 0 aliphatic rings. The Kier molecular flexibility index (Phi) is 5.85. The third kappa shape index (κ3) is 3.84. The molecule has 1 aromatic rings. The van der Waals surface area contributed by atoms with E-state index in [0.29, 0.717) is 11.3 Å². The second-order valence-electron chi connectivity index (χ2n) is 4.14. The summed E-state index contributed by atoms with van der Waals surface area (Å²) in [6.45, 7) is 3.97.